The molecule has 0 N–H and O–H groups in total. The van der Waals surface area contributed by atoms with Crippen LogP contribution in [0.3, 0.4) is 0 Å². The van der Waals surface area contributed by atoms with Crippen LogP contribution >= 0.6 is 11.3 Å². The number of hydrogen-bond donors (Lipinski definition) is 0. The first-order chi connectivity index (χ1) is 9.42. The molecule has 0 radical (unpaired) electrons. The van der Waals surface area contributed by atoms with E-state index in [1.165, 1.54) is 0 Å². The van der Waals surface area contributed by atoms with Gasteiger partial charge in [-0.15, -0.1) is 11.3 Å². The average molecular weight is 264 g/mol. The zero-order valence-corrected chi connectivity index (χ0v) is 11.0. The van der Waals surface area contributed by atoms with E-state index in [4.69, 9.17) is 0 Å². The van der Waals surface area contributed by atoms with Gasteiger partial charge in [-0.25, -0.2) is 0 Å². The molecule has 1 aromatic carbocycles. The summed E-state index contributed by atoms with van der Waals surface area (Å²) in [4.78, 5) is 9.95. The minimum absolute atomic E-state index is 0.966. The summed E-state index contributed by atoms with van der Waals surface area (Å²) >= 11 is 1.68. The van der Waals surface area contributed by atoms with Crippen LogP contribution in [0.15, 0.2) is 71.2 Å². The number of nitrogens with zero attached hydrogens (tertiary/aromatic N) is 2. The summed E-state index contributed by atoms with van der Waals surface area (Å²) in [5.41, 5.74) is 3.08. The van der Waals surface area contributed by atoms with Crippen LogP contribution in [0.2, 0.25) is 0 Å². The highest BCUT2D eigenvalue weighted by Crippen LogP contribution is 2.24. The van der Waals surface area contributed by atoms with Crippen molar-refractivity contribution in [2.75, 3.05) is 0 Å². The molecule has 2 nitrogen and oxygen atoms in total. The largest absolute Gasteiger partial charge is 0.256 e. The van der Waals surface area contributed by atoms with Gasteiger partial charge < -0.3 is 0 Å². The highest BCUT2D eigenvalue weighted by atomic mass is 32.1. The second kappa shape index (κ2) is 5.59. The maximum atomic E-state index is 4.44. The number of benzene rings is 1. The van der Waals surface area contributed by atoms with Gasteiger partial charge in [-0.3, -0.25) is 9.98 Å². The maximum absolute atomic E-state index is 4.44. The molecule has 92 valence electrons. The first kappa shape index (κ1) is 11.8. The molecule has 2 heterocycles. The predicted octanol–water partition coefficient (Wildman–Crippen LogP) is 4.56. The summed E-state index contributed by atoms with van der Waals surface area (Å²) in [5, 5.41) is 2.09. The molecule has 19 heavy (non-hydrogen) atoms. The van der Waals surface area contributed by atoms with E-state index in [0.717, 1.165) is 21.8 Å². The molecule has 0 saturated carbocycles. The molecule has 0 saturated heterocycles. The maximum Gasteiger partial charge on any atom is 0.0801 e. The van der Waals surface area contributed by atoms with Crippen molar-refractivity contribution in [2.24, 2.45) is 4.99 Å². The van der Waals surface area contributed by atoms with Gasteiger partial charge in [0.1, 0.15) is 0 Å². The smallest absolute Gasteiger partial charge is 0.0801 e. The first-order valence-corrected chi connectivity index (χ1v) is 6.89. The zero-order chi connectivity index (χ0) is 12.9. The standard InChI is InChI=1S/C16H12N2S/c1-2-6-14(7-3-1)18-11-13-10-16(19-12-13)15-8-4-5-9-17-15/h1-12H. The molecule has 0 aliphatic rings. The van der Waals surface area contributed by atoms with Gasteiger partial charge in [0.05, 0.1) is 16.3 Å². The molecule has 3 heteroatoms. The van der Waals surface area contributed by atoms with E-state index < -0.39 is 0 Å². The Kier molecular flexibility index (Phi) is 3.47. The van der Waals surface area contributed by atoms with E-state index >= 15 is 0 Å². The molecule has 0 aliphatic heterocycles. The molecule has 2 aromatic heterocycles. The van der Waals surface area contributed by atoms with Gasteiger partial charge in [0.25, 0.3) is 0 Å². The molecule has 3 rings (SSSR count). The SMILES string of the molecule is C(=Nc1ccccc1)c1csc(-c2ccccn2)c1. The van der Waals surface area contributed by atoms with E-state index in [2.05, 4.69) is 21.4 Å². The van der Waals surface area contributed by atoms with E-state index in [1.807, 2.05) is 60.9 Å². The van der Waals surface area contributed by atoms with Gasteiger partial charge in [-0.1, -0.05) is 24.3 Å². The van der Waals surface area contributed by atoms with Gasteiger partial charge >= 0.3 is 0 Å². The lowest BCUT2D eigenvalue weighted by molar-refractivity contribution is 1.34. The Bertz CT molecular complexity index is 672. The van der Waals surface area contributed by atoms with Crippen LogP contribution in [0.25, 0.3) is 10.6 Å². The van der Waals surface area contributed by atoms with Crippen LogP contribution in [0, 0.1) is 0 Å². The zero-order valence-electron chi connectivity index (χ0n) is 10.2. The highest BCUT2D eigenvalue weighted by molar-refractivity contribution is 7.13. The average Bonchev–Trinajstić information content (AvgIpc) is 2.96. The lowest BCUT2D eigenvalue weighted by atomic mass is 10.2. The van der Waals surface area contributed by atoms with Crippen LogP contribution in [-0.2, 0) is 0 Å². The van der Waals surface area contributed by atoms with Crippen molar-refractivity contribution in [1.29, 1.82) is 0 Å². The number of hydrogen-bond acceptors (Lipinski definition) is 3. The van der Waals surface area contributed by atoms with Gasteiger partial charge in [0.2, 0.25) is 0 Å². The van der Waals surface area contributed by atoms with Gasteiger partial charge in [0, 0.05) is 23.4 Å². The Labute approximate surface area is 116 Å². The van der Waals surface area contributed by atoms with Gasteiger partial charge in [-0.05, 0) is 30.3 Å². The second-order valence-electron chi connectivity index (χ2n) is 4.05. The molecule has 0 atom stereocenters. The Morgan fingerprint density at radius 1 is 1.00 bits per heavy atom. The second-order valence-corrected chi connectivity index (χ2v) is 4.96. The van der Waals surface area contributed by atoms with Crippen molar-refractivity contribution in [3.05, 3.63) is 71.7 Å². The Morgan fingerprint density at radius 2 is 1.84 bits per heavy atom. The van der Waals surface area contributed by atoms with Crippen molar-refractivity contribution in [3.63, 3.8) is 0 Å². The van der Waals surface area contributed by atoms with Crippen LogP contribution in [0.1, 0.15) is 5.56 Å². The molecule has 0 amide bonds. The van der Waals surface area contributed by atoms with Crippen molar-refractivity contribution in [3.8, 4) is 10.6 Å². The Morgan fingerprint density at radius 3 is 2.63 bits per heavy atom. The molecule has 0 aliphatic carbocycles. The predicted molar refractivity (Wildman–Crippen MR) is 81.2 cm³/mol. The summed E-state index contributed by atoms with van der Waals surface area (Å²) in [7, 11) is 0. The molecular weight excluding hydrogens is 252 g/mol. The van der Waals surface area contributed by atoms with Crippen LogP contribution in [0.5, 0.6) is 0 Å². The molecule has 0 bridgehead atoms. The quantitative estimate of drug-likeness (QED) is 0.636. The van der Waals surface area contributed by atoms with Crippen LogP contribution < -0.4 is 0 Å². The minimum atomic E-state index is 0.966. The van der Waals surface area contributed by atoms with Crippen molar-refractivity contribution in [2.45, 2.75) is 0 Å². The number of para-hydroxylation sites is 1. The number of rotatable bonds is 3. The molecule has 0 fully saturated rings. The number of thiophene rings is 1. The van der Waals surface area contributed by atoms with E-state index in [-0.39, 0.29) is 0 Å². The number of aliphatic imine (C=N–C) groups is 1. The normalized spacial score (nSPS) is 10.9. The van der Waals surface area contributed by atoms with E-state index in [0.29, 0.717) is 0 Å². The van der Waals surface area contributed by atoms with Crippen molar-refractivity contribution >= 4 is 23.2 Å². The third kappa shape index (κ3) is 2.95. The number of pyridine rings is 1. The molecular formula is C16H12N2S. The lowest BCUT2D eigenvalue weighted by Crippen LogP contribution is -1.77. The van der Waals surface area contributed by atoms with E-state index in [1.54, 1.807) is 11.3 Å². The summed E-state index contributed by atoms with van der Waals surface area (Å²) in [6.07, 6.45) is 3.70. The highest BCUT2D eigenvalue weighted by Gasteiger charge is 2.01. The van der Waals surface area contributed by atoms with Crippen molar-refractivity contribution in [1.82, 2.24) is 4.98 Å². The summed E-state index contributed by atoms with van der Waals surface area (Å²) in [5.74, 6) is 0. The van der Waals surface area contributed by atoms with Crippen LogP contribution in [-0.4, -0.2) is 11.2 Å². The van der Waals surface area contributed by atoms with Gasteiger partial charge in [0.15, 0.2) is 0 Å². The molecule has 3 aromatic rings. The molecule has 0 unspecified atom stereocenters. The Hall–Kier alpha value is -2.26. The van der Waals surface area contributed by atoms with Crippen molar-refractivity contribution < 1.29 is 0 Å². The van der Waals surface area contributed by atoms with Crippen LogP contribution in [0.4, 0.5) is 5.69 Å². The topological polar surface area (TPSA) is 25.2 Å². The molecule has 0 spiro atoms. The lowest BCUT2D eigenvalue weighted by Gasteiger charge is -1.93. The number of aromatic nitrogens is 1. The Balaban J connectivity index is 1.81. The summed E-state index contributed by atoms with van der Waals surface area (Å²) < 4.78 is 0. The fourth-order valence-electron chi connectivity index (χ4n) is 1.72. The minimum Gasteiger partial charge on any atom is -0.256 e. The monoisotopic (exact) mass is 264 g/mol. The first-order valence-electron chi connectivity index (χ1n) is 6.01. The third-order valence-electron chi connectivity index (χ3n) is 2.66. The van der Waals surface area contributed by atoms with E-state index in [9.17, 15) is 0 Å². The summed E-state index contributed by atoms with van der Waals surface area (Å²) in [6, 6.07) is 18.0. The van der Waals surface area contributed by atoms with Gasteiger partial charge in [-0.2, -0.15) is 0 Å². The fraction of sp³-hybridized carbons (Fsp3) is 0. The fourth-order valence-corrected chi connectivity index (χ4v) is 2.56. The third-order valence-corrected chi connectivity index (χ3v) is 3.63. The summed E-state index contributed by atoms with van der Waals surface area (Å²) in [6.45, 7) is 0.